The Morgan fingerprint density at radius 2 is 2.30 bits per heavy atom. The molecule has 0 fully saturated rings. The third-order valence-corrected chi connectivity index (χ3v) is 4.26. The van der Waals surface area contributed by atoms with Crippen molar-refractivity contribution < 1.29 is 19.5 Å². The number of carbonyl (C=O) groups excluding carboxylic acids is 2. The molecule has 0 saturated heterocycles. The molecule has 0 bridgehead atoms. The predicted octanol–water partition coefficient (Wildman–Crippen LogP) is 0.687. The number of thiophene rings is 1. The molecule has 1 rings (SSSR count). The SMILES string of the molecule is O=CNC(CCSCC(=O)NCc1cccs1)C(=O)O. The van der Waals surface area contributed by atoms with Crippen molar-refractivity contribution in [2.24, 2.45) is 0 Å². The molecule has 0 aliphatic rings. The summed E-state index contributed by atoms with van der Waals surface area (Å²) in [6.07, 6.45) is 0.661. The molecule has 6 nitrogen and oxygen atoms in total. The molecule has 1 aromatic rings. The van der Waals surface area contributed by atoms with Gasteiger partial charge in [-0.1, -0.05) is 6.07 Å². The maximum atomic E-state index is 11.5. The van der Waals surface area contributed by atoms with Crippen molar-refractivity contribution in [3.05, 3.63) is 22.4 Å². The molecule has 1 unspecified atom stereocenters. The summed E-state index contributed by atoms with van der Waals surface area (Å²) < 4.78 is 0. The Labute approximate surface area is 124 Å². The van der Waals surface area contributed by atoms with Crippen LogP contribution in [0.5, 0.6) is 0 Å². The molecule has 20 heavy (non-hydrogen) atoms. The number of thioether (sulfide) groups is 1. The average Bonchev–Trinajstić information content (AvgIpc) is 2.93. The zero-order valence-electron chi connectivity index (χ0n) is 10.7. The molecule has 1 heterocycles. The van der Waals surface area contributed by atoms with Crippen molar-refractivity contribution in [3.8, 4) is 0 Å². The fourth-order valence-corrected chi connectivity index (χ4v) is 2.85. The topological polar surface area (TPSA) is 95.5 Å². The molecule has 110 valence electrons. The van der Waals surface area contributed by atoms with Crippen molar-refractivity contribution >= 4 is 41.4 Å². The Balaban J connectivity index is 2.12. The van der Waals surface area contributed by atoms with Crippen LogP contribution < -0.4 is 10.6 Å². The number of amides is 2. The zero-order chi connectivity index (χ0) is 14.8. The van der Waals surface area contributed by atoms with Crippen molar-refractivity contribution in [3.63, 3.8) is 0 Å². The van der Waals surface area contributed by atoms with Crippen LogP contribution in [-0.2, 0) is 20.9 Å². The monoisotopic (exact) mass is 316 g/mol. The molecule has 0 aliphatic heterocycles. The second-order valence-electron chi connectivity index (χ2n) is 3.87. The number of carbonyl (C=O) groups is 3. The van der Waals surface area contributed by atoms with Crippen LogP contribution in [0.2, 0.25) is 0 Å². The molecule has 0 saturated carbocycles. The van der Waals surface area contributed by atoms with Crippen LogP contribution in [0.1, 0.15) is 11.3 Å². The van der Waals surface area contributed by atoms with Crippen molar-refractivity contribution in [2.45, 2.75) is 19.0 Å². The quantitative estimate of drug-likeness (QED) is 0.436. The normalized spacial score (nSPS) is 11.6. The highest BCUT2D eigenvalue weighted by molar-refractivity contribution is 7.99. The number of hydrogen-bond donors (Lipinski definition) is 3. The summed E-state index contributed by atoms with van der Waals surface area (Å²) in [6.45, 7) is 0.515. The van der Waals surface area contributed by atoms with E-state index in [2.05, 4.69) is 10.6 Å². The Hall–Kier alpha value is -1.54. The number of hydrogen-bond acceptors (Lipinski definition) is 5. The lowest BCUT2D eigenvalue weighted by Crippen LogP contribution is -2.36. The minimum atomic E-state index is -1.07. The summed E-state index contributed by atoms with van der Waals surface area (Å²) in [5.74, 6) is -0.387. The standard InChI is InChI=1S/C12H16N2O4S2/c15-8-14-10(12(17)18)3-5-19-7-11(16)13-6-9-2-1-4-20-9/h1-2,4,8,10H,3,5-7H2,(H,13,16)(H,14,15)(H,17,18). The lowest BCUT2D eigenvalue weighted by Gasteiger charge is -2.10. The molecule has 0 spiro atoms. The Kier molecular flexibility index (Phi) is 7.74. The van der Waals surface area contributed by atoms with Crippen molar-refractivity contribution in [1.82, 2.24) is 10.6 Å². The average molecular weight is 316 g/mol. The highest BCUT2D eigenvalue weighted by atomic mass is 32.2. The van der Waals surface area contributed by atoms with E-state index in [9.17, 15) is 14.4 Å². The zero-order valence-corrected chi connectivity index (χ0v) is 12.3. The van der Waals surface area contributed by atoms with Gasteiger partial charge in [-0.05, 0) is 23.6 Å². The number of carboxylic acids is 1. The van der Waals surface area contributed by atoms with Gasteiger partial charge in [-0.3, -0.25) is 9.59 Å². The molecular weight excluding hydrogens is 300 g/mol. The van der Waals surface area contributed by atoms with Gasteiger partial charge in [0.25, 0.3) is 0 Å². The summed E-state index contributed by atoms with van der Waals surface area (Å²) in [5.41, 5.74) is 0. The second kappa shape index (κ2) is 9.38. The second-order valence-corrected chi connectivity index (χ2v) is 6.01. The van der Waals surface area contributed by atoms with Gasteiger partial charge in [-0.25, -0.2) is 4.79 Å². The molecule has 0 aromatic carbocycles. The van der Waals surface area contributed by atoms with E-state index in [1.54, 1.807) is 11.3 Å². The Morgan fingerprint density at radius 3 is 2.90 bits per heavy atom. The summed E-state index contributed by atoms with van der Waals surface area (Å²) in [4.78, 5) is 33.6. The van der Waals surface area contributed by atoms with Gasteiger partial charge in [-0.2, -0.15) is 11.8 Å². The van der Waals surface area contributed by atoms with E-state index in [0.717, 1.165) is 4.88 Å². The van der Waals surface area contributed by atoms with Gasteiger partial charge in [0.15, 0.2) is 0 Å². The number of aliphatic carboxylic acids is 1. The van der Waals surface area contributed by atoms with Crippen LogP contribution in [0.3, 0.4) is 0 Å². The molecule has 2 amide bonds. The van der Waals surface area contributed by atoms with E-state index >= 15 is 0 Å². The smallest absolute Gasteiger partial charge is 0.326 e. The molecule has 0 aliphatic carbocycles. The third kappa shape index (κ3) is 6.58. The van der Waals surface area contributed by atoms with Gasteiger partial charge >= 0.3 is 5.97 Å². The molecule has 1 aromatic heterocycles. The molecular formula is C12H16N2O4S2. The third-order valence-electron chi connectivity index (χ3n) is 2.39. The van der Waals surface area contributed by atoms with Gasteiger partial charge < -0.3 is 15.7 Å². The van der Waals surface area contributed by atoms with Crippen LogP contribution in [0, 0.1) is 0 Å². The first-order valence-electron chi connectivity index (χ1n) is 5.93. The van der Waals surface area contributed by atoms with E-state index in [1.807, 2.05) is 17.5 Å². The first kappa shape index (κ1) is 16.5. The summed E-state index contributed by atoms with van der Waals surface area (Å²) >= 11 is 2.92. The first-order chi connectivity index (χ1) is 9.63. The van der Waals surface area contributed by atoms with Gasteiger partial charge in [0.1, 0.15) is 6.04 Å². The van der Waals surface area contributed by atoms with Crippen LogP contribution in [0.15, 0.2) is 17.5 Å². The Bertz CT molecular complexity index is 437. The lowest BCUT2D eigenvalue weighted by atomic mass is 10.2. The number of carboxylic acid groups (broad SMARTS) is 1. The summed E-state index contributed by atoms with van der Waals surface area (Å²) in [5, 5.41) is 15.7. The Morgan fingerprint density at radius 1 is 1.50 bits per heavy atom. The number of nitrogens with one attached hydrogen (secondary N) is 2. The predicted molar refractivity (Wildman–Crippen MR) is 78.7 cm³/mol. The highest BCUT2D eigenvalue weighted by Crippen LogP contribution is 2.08. The summed E-state index contributed by atoms with van der Waals surface area (Å²) in [7, 11) is 0. The molecule has 3 N–H and O–H groups in total. The van der Waals surface area contributed by atoms with E-state index in [0.29, 0.717) is 18.7 Å². The van der Waals surface area contributed by atoms with Crippen LogP contribution in [-0.4, -0.2) is 40.9 Å². The van der Waals surface area contributed by atoms with Crippen LogP contribution >= 0.6 is 23.1 Å². The highest BCUT2D eigenvalue weighted by Gasteiger charge is 2.15. The maximum absolute atomic E-state index is 11.5. The largest absolute Gasteiger partial charge is 0.480 e. The number of rotatable bonds is 10. The van der Waals surface area contributed by atoms with Crippen LogP contribution in [0.25, 0.3) is 0 Å². The van der Waals surface area contributed by atoms with Crippen molar-refractivity contribution in [1.29, 1.82) is 0 Å². The fraction of sp³-hybridized carbons (Fsp3) is 0.417. The van der Waals surface area contributed by atoms with E-state index in [-0.39, 0.29) is 18.1 Å². The minimum absolute atomic E-state index is 0.0846. The fourth-order valence-electron chi connectivity index (χ4n) is 1.38. The van der Waals surface area contributed by atoms with Gasteiger partial charge in [0.2, 0.25) is 12.3 Å². The van der Waals surface area contributed by atoms with E-state index < -0.39 is 12.0 Å². The molecule has 0 radical (unpaired) electrons. The molecule has 8 heteroatoms. The van der Waals surface area contributed by atoms with Crippen molar-refractivity contribution in [2.75, 3.05) is 11.5 Å². The van der Waals surface area contributed by atoms with Gasteiger partial charge in [0, 0.05) is 4.88 Å². The van der Waals surface area contributed by atoms with E-state index in [1.165, 1.54) is 11.8 Å². The van der Waals surface area contributed by atoms with Gasteiger partial charge in [0.05, 0.1) is 12.3 Å². The molecule has 1 atom stereocenters. The summed E-state index contributed by atoms with van der Waals surface area (Å²) in [6, 6.07) is 2.97. The van der Waals surface area contributed by atoms with E-state index in [4.69, 9.17) is 5.11 Å². The van der Waals surface area contributed by atoms with Gasteiger partial charge in [-0.15, -0.1) is 11.3 Å². The first-order valence-corrected chi connectivity index (χ1v) is 7.96. The van der Waals surface area contributed by atoms with Crippen LogP contribution in [0.4, 0.5) is 0 Å². The minimum Gasteiger partial charge on any atom is -0.480 e. The maximum Gasteiger partial charge on any atom is 0.326 e. The lowest BCUT2D eigenvalue weighted by molar-refractivity contribution is -0.140.